The number of nitrogens with two attached hydrogens (primary N) is 1. The molecule has 1 aliphatic heterocycles. The molecule has 0 amide bonds. The molecule has 0 aromatic carbocycles. The number of likely N-dealkylation sites (tertiary alicyclic amines) is 1. The van der Waals surface area contributed by atoms with Crippen molar-refractivity contribution in [3.05, 3.63) is 20.8 Å². The first-order valence-electron chi connectivity index (χ1n) is 5.72. The van der Waals surface area contributed by atoms with Crippen molar-refractivity contribution in [1.29, 1.82) is 0 Å². The monoisotopic (exact) mass is 302 g/mol. The van der Waals surface area contributed by atoms with Crippen LogP contribution in [0.3, 0.4) is 0 Å². The van der Waals surface area contributed by atoms with Gasteiger partial charge in [0, 0.05) is 12.1 Å². The molecular weight excluding hydrogens is 284 g/mol. The number of nitrogens with zero attached hydrogens (tertiary/aromatic N) is 1. The summed E-state index contributed by atoms with van der Waals surface area (Å²) in [6.07, 6.45) is 1.23. The maximum absolute atomic E-state index is 5.84. The van der Waals surface area contributed by atoms with Crippen molar-refractivity contribution in [1.82, 2.24) is 4.90 Å². The molecule has 1 aromatic heterocycles. The van der Waals surface area contributed by atoms with Crippen molar-refractivity contribution in [2.24, 2.45) is 11.7 Å². The topological polar surface area (TPSA) is 29.3 Å². The van der Waals surface area contributed by atoms with Crippen LogP contribution in [0.4, 0.5) is 0 Å². The first-order chi connectivity index (χ1) is 7.55. The van der Waals surface area contributed by atoms with Gasteiger partial charge in [-0.3, -0.25) is 4.90 Å². The Balaban J connectivity index is 2.09. The van der Waals surface area contributed by atoms with Gasteiger partial charge in [0.1, 0.15) is 0 Å². The van der Waals surface area contributed by atoms with E-state index in [4.69, 9.17) is 5.73 Å². The molecule has 1 aromatic rings. The largest absolute Gasteiger partial charge is 0.330 e. The average Bonchev–Trinajstić information content (AvgIpc) is 2.74. The Kier molecular flexibility index (Phi) is 3.74. The van der Waals surface area contributed by atoms with Crippen LogP contribution in [0, 0.1) is 5.92 Å². The van der Waals surface area contributed by atoms with Crippen molar-refractivity contribution in [3.8, 4) is 0 Å². The van der Waals surface area contributed by atoms with Gasteiger partial charge in [-0.2, -0.15) is 0 Å². The third kappa shape index (κ3) is 2.21. The van der Waals surface area contributed by atoms with E-state index in [1.807, 2.05) is 0 Å². The third-order valence-electron chi connectivity index (χ3n) is 3.90. The number of hydrogen-bond acceptors (Lipinski definition) is 3. The van der Waals surface area contributed by atoms with Gasteiger partial charge in [-0.1, -0.05) is 0 Å². The van der Waals surface area contributed by atoms with E-state index in [1.165, 1.54) is 15.8 Å². The summed E-state index contributed by atoms with van der Waals surface area (Å²) >= 11 is 5.37. The summed E-state index contributed by atoms with van der Waals surface area (Å²) in [5, 5.41) is 2.14. The average molecular weight is 303 g/mol. The maximum atomic E-state index is 5.84. The summed E-state index contributed by atoms with van der Waals surface area (Å²) in [6.45, 7) is 7.63. The van der Waals surface area contributed by atoms with Crippen LogP contribution in [-0.2, 0) is 6.54 Å². The van der Waals surface area contributed by atoms with Crippen LogP contribution in [0.5, 0.6) is 0 Å². The number of rotatable bonds is 3. The quantitative estimate of drug-likeness (QED) is 0.930. The Morgan fingerprint density at radius 2 is 2.38 bits per heavy atom. The number of hydrogen-bond donors (Lipinski definition) is 1. The molecule has 16 heavy (non-hydrogen) atoms. The predicted molar refractivity (Wildman–Crippen MR) is 73.7 cm³/mol. The van der Waals surface area contributed by atoms with Gasteiger partial charge in [-0.25, -0.2) is 0 Å². The van der Waals surface area contributed by atoms with Crippen LogP contribution in [0.15, 0.2) is 15.2 Å². The van der Waals surface area contributed by atoms with Crippen LogP contribution >= 0.6 is 27.3 Å². The Morgan fingerprint density at radius 3 is 2.88 bits per heavy atom. The number of halogens is 1. The zero-order chi connectivity index (χ0) is 11.8. The first-order valence-corrected chi connectivity index (χ1v) is 7.40. The van der Waals surface area contributed by atoms with E-state index in [0.717, 1.165) is 19.6 Å². The zero-order valence-electron chi connectivity index (χ0n) is 9.87. The highest BCUT2D eigenvalue weighted by Crippen LogP contribution is 2.36. The van der Waals surface area contributed by atoms with Gasteiger partial charge >= 0.3 is 0 Å². The molecule has 0 radical (unpaired) electrons. The van der Waals surface area contributed by atoms with E-state index in [0.29, 0.717) is 5.92 Å². The van der Waals surface area contributed by atoms with Crippen LogP contribution in [0.1, 0.15) is 25.8 Å². The van der Waals surface area contributed by atoms with Crippen LogP contribution in [-0.4, -0.2) is 23.5 Å². The van der Waals surface area contributed by atoms with Crippen LogP contribution in [0.25, 0.3) is 0 Å². The fraction of sp³-hybridized carbons (Fsp3) is 0.667. The Labute approximate surface area is 110 Å². The molecule has 2 N–H and O–H groups in total. The summed E-state index contributed by atoms with van der Waals surface area (Å²) in [4.78, 5) is 2.55. The van der Waals surface area contributed by atoms with E-state index in [1.54, 1.807) is 11.3 Å². The maximum Gasteiger partial charge on any atom is 0.0743 e. The summed E-state index contributed by atoms with van der Waals surface area (Å²) in [5.41, 5.74) is 7.47. The highest BCUT2D eigenvalue weighted by molar-refractivity contribution is 9.11. The van der Waals surface area contributed by atoms with E-state index in [9.17, 15) is 0 Å². The van der Waals surface area contributed by atoms with Gasteiger partial charge in [-0.15, -0.1) is 11.3 Å². The van der Waals surface area contributed by atoms with Crippen molar-refractivity contribution in [2.45, 2.75) is 32.4 Å². The molecule has 90 valence electrons. The van der Waals surface area contributed by atoms with Crippen molar-refractivity contribution in [2.75, 3.05) is 13.1 Å². The molecular formula is C12H19BrN2S. The minimum atomic E-state index is 0.232. The lowest BCUT2D eigenvalue weighted by Gasteiger charge is -2.35. The van der Waals surface area contributed by atoms with Crippen LogP contribution in [0.2, 0.25) is 0 Å². The highest BCUT2D eigenvalue weighted by Gasteiger charge is 2.40. The summed E-state index contributed by atoms with van der Waals surface area (Å²) < 4.78 is 1.26. The Bertz CT molecular complexity index is 362. The second-order valence-electron chi connectivity index (χ2n) is 5.02. The molecule has 1 unspecified atom stereocenters. The molecule has 1 aliphatic rings. The Hall–Kier alpha value is 0.100. The fourth-order valence-corrected chi connectivity index (χ4v) is 3.75. The standard InChI is InChI=1S/C12H19BrN2S/c1-12(2)10(7-14)3-5-15(12)8-9-4-6-16-11(9)13/h4,6,10H,3,5,7-8,14H2,1-2H3. The first kappa shape index (κ1) is 12.6. The lowest BCUT2D eigenvalue weighted by Crippen LogP contribution is -2.44. The zero-order valence-corrected chi connectivity index (χ0v) is 12.3. The third-order valence-corrected chi connectivity index (χ3v) is 5.71. The second kappa shape index (κ2) is 4.77. The molecule has 2 nitrogen and oxygen atoms in total. The smallest absolute Gasteiger partial charge is 0.0743 e. The molecule has 2 rings (SSSR count). The molecule has 0 saturated carbocycles. The van der Waals surface area contributed by atoms with Crippen molar-refractivity contribution < 1.29 is 0 Å². The van der Waals surface area contributed by atoms with Gasteiger partial charge < -0.3 is 5.73 Å². The van der Waals surface area contributed by atoms with E-state index in [2.05, 4.69) is 46.1 Å². The molecule has 1 atom stereocenters. The minimum Gasteiger partial charge on any atom is -0.330 e. The minimum absolute atomic E-state index is 0.232. The van der Waals surface area contributed by atoms with Gasteiger partial charge in [0.05, 0.1) is 3.79 Å². The molecule has 1 fully saturated rings. The second-order valence-corrected chi connectivity index (χ2v) is 7.25. The lowest BCUT2D eigenvalue weighted by atomic mass is 9.88. The Morgan fingerprint density at radius 1 is 1.62 bits per heavy atom. The summed E-state index contributed by atoms with van der Waals surface area (Å²) in [7, 11) is 0. The summed E-state index contributed by atoms with van der Waals surface area (Å²) in [6, 6.07) is 2.21. The van der Waals surface area contributed by atoms with Crippen molar-refractivity contribution in [3.63, 3.8) is 0 Å². The predicted octanol–water partition coefficient (Wildman–Crippen LogP) is 3.07. The van der Waals surface area contributed by atoms with Gasteiger partial charge in [-0.05, 0) is 72.2 Å². The van der Waals surface area contributed by atoms with E-state index in [-0.39, 0.29) is 5.54 Å². The molecule has 0 spiro atoms. The number of thiophene rings is 1. The highest BCUT2D eigenvalue weighted by atomic mass is 79.9. The van der Waals surface area contributed by atoms with Gasteiger partial charge in [0.25, 0.3) is 0 Å². The molecule has 1 saturated heterocycles. The summed E-state index contributed by atoms with van der Waals surface area (Å²) in [5.74, 6) is 0.630. The van der Waals surface area contributed by atoms with E-state index >= 15 is 0 Å². The molecule has 0 bridgehead atoms. The van der Waals surface area contributed by atoms with Gasteiger partial charge in [0.2, 0.25) is 0 Å². The molecule has 2 heterocycles. The SMILES string of the molecule is CC1(C)C(CN)CCN1Cc1ccsc1Br. The molecule has 0 aliphatic carbocycles. The lowest BCUT2D eigenvalue weighted by molar-refractivity contribution is 0.133. The van der Waals surface area contributed by atoms with Crippen molar-refractivity contribution >= 4 is 27.3 Å². The fourth-order valence-electron chi connectivity index (χ4n) is 2.54. The van der Waals surface area contributed by atoms with E-state index < -0.39 is 0 Å². The molecule has 4 heteroatoms. The van der Waals surface area contributed by atoms with Gasteiger partial charge in [0.15, 0.2) is 0 Å². The normalized spacial score (nSPS) is 25.1. The van der Waals surface area contributed by atoms with Crippen LogP contribution < -0.4 is 5.73 Å².